The second-order valence-corrected chi connectivity index (χ2v) is 30.3. The molecule has 0 atom stereocenters. The molecule has 108 heavy (non-hydrogen) atoms. The van der Waals surface area contributed by atoms with Crippen molar-refractivity contribution < 1.29 is 0 Å². The van der Waals surface area contributed by atoms with E-state index in [9.17, 15) is 0 Å². The van der Waals surface area contributed by atoms with Crippen molar-refractivity contribution in [2.75, 3.05) is 0 Å². The quantitative estimate of drug-likeness (QED) is 0.137. The van der Waals surface area contributed by atoms with Crippen LogP contribution in [0.15, 0.2) is 388 Å². The van der Waals surface area contributed by atoms with Gasteiger partial charge in [-0.2, -0.15) is 0 Å². The summed E-state index contributed by atoms with van der Waals surface area (Å²) in [6, 6.07) is 142. The molecular formula is C102H64N4S2. The average Bonchev–Trinajstić information content (AvgIpc) is 1.58. The van der Waals surface area contributed by atoms with Gasteiger partial charge in [-0.3, -0.25) is 0 Å². The highest BCUT2D eigenvalue weighted by Gasteiger charge is 2.23. The van der Waals surface area contributed by atoms with Gasteiger partial charge < -0.3 is 18.3 Å². The summed E-state index contributed by atoms with van der Waals surface area (Å²) in [6.45, 7) is 0. The number of rotatable bonds is 9. The molecule has 4 nitrogen and oxygen atoms in total. The zero-order valence-corrected chi connectivity index (χ0v) is 60.2. The van der Waals surface area contributed by atoms with Crippen molar-refractivity contribution >= 4 is 150 Å². The Morgan fingerprint density at radius 3 is 0.870 bits per heavy atom. The van der Waals surface area contributed by atoms with Crippen molar-refractivity contribution in [3.63, 3.8) is 0 Å². The first-order valence-electron chi connectivity index (χ1n) is 36.9. The minimum absolute atomic E-state index is 1.16. The van der Waals surface area contributed by atoms with Crippen LogP contribution < -0.4 is 0 Å². The van der Waals surface area contributed by atoms with Gasteiger partial charge in [0.2, 0.25) is 0 Å². The lowest BCUT2D eigenvalue weighted by Crippen LogP contribution is -1.94. The van der Waals surface area contributed by atoms with Gasteiger partial charge >= 0.3 is 0 Å². The van der Waals surface area contributed by atoms with Gasteiger partial charge in [-0.1, -0.05) is 273 Å². The maximum Gasteiger partial charge on any atom is 0.0640 e. The molecule has 0 unspecified atom stereocenters. The zero-order chi connectivity index (χ0) is 70.9. The molecule has 23 rings (SSSR count). The summed E-state index contributed by atoms with van der Waals surface area (Å²) < 4.78 is 15.0. The number of hydrogen-bond donors (Lipinski definition) is 0. The van der Waals surface area contributed by atoms with Crippen LogP contribution in [-0.4, -0.2) is 18.3 Å². The van der Waals surface area contributed by atoms with Gasteiger partial charge in [0.25, 0.3) is 0 Å². The number of nitrogens with zero attached hydrogens (tertiary/aromatic N) is 4. The Morgan fingerprint density at radius 2 is 0.444 bits per heavy atom. The third-order valence-electron chi connectivity index (χ3n) is 22.3. The molecule has 0 spiro atoms. The van der Waals surface area contributed by atoms with Crippen molar-refractivity contribution in [2.45, 2.75) is 0 Å². The molecule has 0 bridgehead atoms. The van der Waals surface area contributed by atoms with Crippen LogP contribution in [0.25, 0.3) is 206 Å². The van der Waals surface area contributed by atoms with E-state index in [1.54, 1.807) is 0 Å². The van der Waals surface area contributed by atoms with Gasteiger partial charge in [-0.25, -0.2) is 0 Å². The number of thiophene rings is 2. The van der Waals surface area contributed by atoms with E-state index in [1.165, 1.54) is 195 Å². The Kier molecular flexibility index (Phi) is 14.3. The van der Waals surface area contributed by atoms with Crippen LogP contribution in [0.1, 0.15) is 0 Å². The van der Waals surface area contributed by atoms with E-state index >= 15 is 0 Å². The second-order valence-electron chi connectivity index (χ2n) is 28.2. The molecule has 504 valence electrons. The summed E-state index contributed by atoms with van der Waals surface area (Å²) in [5.74, 6) is 0. The molecule has 0 aliphatic heterocycles. The average molecular weight is 1410 g/mol. The van der Waals surface area contributed by atoms with Crippen molar-refractivity contribution in [1.29, 1.82) is 0 Å². The Labute approximate surface area is 630 Å². The van der Waals surface area contributed by atoms with Gasteiger partial charge in [-0.05, 0) is 171 Å². The smallest absolute Gasteiger partial charge is 0.0640 e. The van der Waals surface area contributed by atoms with Crippen LogP contribution in [-0.2, 0) is 0 Å². The molecular weight excluding hydrogens is 1350 g/mol. The summed E-state index contributed by atoms with van der Waals surface area (Å²) in [6.07, 6.45) is 0. The minimum atomic E-state index is 1.16. The van der Waals surface area contributed by atoms with Crippen LogP contribution in [0.4, 0.5) is 0 Å². The molecule has 17 aromatic carbocycles. The fourth-order valence-corrected chi connectivity index (χ4v) is 19.8. The van der Waals surface area contributed by atoms with Gasteiger partial charge in [0.05, 0.1) is 64.9 Å². The van der Waals surface area contributed by atoms with Crippen molar-refractivity contribution in [3.05, 3.63) is 388 Å². The number of aromatic nitrogens is 4. The number of benzene rings is 17. The van der Waals surface area contributed by atoms with Gasteiger partial charge in [0, 0.05) is 85.4 Å². The minimum Gasteiger partial charge on any atom is -0.309 e. The Balaban J connectivity index is 0.000000135. The molecule has 0 aliphatic carbocycles. The largest absolute Gasteiger partial charge is 0.309 e. The normalized spacial score (nSPS) is 11.9. The van der Waals surface area contributed by atoms with E-state index < -0.39 is 0 Å². The first-order valence-corrected chi connectivity index (χ1v) is 38.6. The molecule has 0 fully saturated rings. The zero-order valence-electron chi connectivity index (χ0n) is 58.6. The Hall–Kier alpha value is -13.6. The monoisotopic (exact) mass is 1410 g/mol. The summed E-state index contributed by atoms with van der Waals surface area (Å²) in [7, 11) is 0. The van der Waals surface area contributed by atoms with E-state index in [2.05, 4.69) is 407 Å². The lowest BCUT2D eigenvalue weighted by atomic mass is 10.0. The molecule has 0 saturated heterocycles. The van der Waals surface area contributed by atoms with Crippen molar-refractivity contribution in [2.24, 2.45) is 0 Å². The molecule has 6 heteroatoms. The summed E-state index contributed by atoms with van der Waals surface area (Å²) in [5.41, 5.74) is 26.8. The van der Waals surface area contributed by atoms with Gasteiger partial charge in [0.15, 0.2) is 0 Å². The van der Waals surface area contributed by atoms with Crippen LogP contribution in [0.5, 0.6) is 0 Å². The SMILES string of the molecule is c1ccc(-c2ccc(-n3c4ccccc4c4cc(-c5ccc6c(c5)c5ccccc5n6-c5cccc6c5sc5c(-c7ccccc7)cccc56)ccc43)cc2)cc1.c1ccc(-c2ccc(-n3c4ccccc4c4cc(-c5ccc6c(c5)c5ccccc5n6-c5cccc6c5sc5ccccc56)ccc43)cc2)cc1. The molecule has 6 aromatic heterocycles. The molecule has 0 amide bonds. The maximum absolute atomic E-state index is 2.48. The third kappa shape index (κ3) is 9.88. The van der Waals surface area contributed by atoms with E-state index in [4.69, 9.17) is 0 Å². The van der Waals surface area contributed by atoms with E-state index in [0.29, 0.717) is 0 Å². The molecule has 0 radical (unpaired) electrons. The molecule has 6 heterocycles. The van der Waals surface area contributed by atoms with Gasteiger partial charge in [0.1, 0.15) is 0 Å². The summed E-state index contributed by atoms with van der Waals surface area (Å²) in [4.78, 5) is 0. The highest BCUT2D eigenvalue weighted by molar-refractivity contribution is 7.27. The van der Waals surface area contributed by atoms with Crippen molar-refractivity contribution in [1.82, 2.24) is 18.3 Å². The topological polar surface area (TPSA) is 19.7 Å². The Morgan fingerprint density at radius 1 is 0.157 bits per heavy atom. The van der Waals surface area contributed by atoms with Crippen LogP contribution >= 0.6 is 22.7 Å². The van der Waals surface area contributed by atoms with Crippen LogP contribution in [0, 0.1) is 0 Å². The number of hydrogen-bond acceptors (Lipinski definition) is 2. The second kappa shape index (κ2) is 25.0. The predicted molar refractivity (Wildman–Crippen MR) is 463 cm³/mol. The highest BCUT2D eigenvalue weighted by atomic mass is 32.1. The standard InChI is InChI=1S/C54H34N2S.C48H30N2S/c1-3-13-35(14-4-1)36-25-29-40(30-26-36)55-48-22-9-7-17-42(48)46-33-38(27-31-50(46)55)39-28-32-51-47(34-39)43-18-8-10-23-49(43)56(51)52-24-12-21-45-44-20-11-19-41(53(44)57-54(45)52)37-15-5-2-6-16-37;1-2-11-31(12-3-1)32-21-25-35(26-22-32)49-42-17-7-4-13-36(42)40-29-33(23-27-44(40)49)34-24-28-45-41(30-34)37-14-5-8-18-43(37)50(45)46-19-10-16-39-38-15-6-9-20-47(38)51-48(39)46/h1-34H;1-30H. The van der Waals surface area contributed by atoms with Gasteiger partial charge in [-0.15, -0.1) is 22.7 Å². The molecule has 0 aliphatic rings. The number of para-hydroxylation sites is 4. The van der Waals surface area contributed by atoms with Crippen LogP contribution in [0.2, 0.25) is 0 Å². The maximum atomic E-state index is 2.48. The first-order chi connectivity index (χ1) is 53.6. The first kappa shape index (κ1) is 61.8. The molecule has 0 saturated carbocycles. The lowest BCUT2D eigenvalue weighted by molar-refractivity contribution is 1.18. The van der Waals surface area contributed by atoms with Crippen molar-refractivity contribution in [3.8, 4) is 78.4 Å². The van der Waals surface area contributed by atoms with E-state index in [0.717, 1.165) is 11.4 Å². The Bertz CT molecular complexity index is 7520. The molecule has 0 N–H and O–H groups in total. The lowest BCUT2D eigenvalue weighted by Gasteiger charge is -2.11. The van der Waals surface area contributed by atoms with Crippen LogP contribution in [0.3, 0.4) is 0 Å². The molecule has 23 aromatic rings. The van der Waals surface area contributed by atoms with E-state index in [-0.39, 0.29) is 0 Å². The predicted octanol–water partition coefficient (Wildman–Crippen LogP) is 28.8. The summed E-state index contributed by atoms with van der Waals surface area (Å²) >= 11 is 3.79. The summed E-state index contributed by atoms with van der Waals surface area (Å²) in [5, 5.41) is 15.3. The fraction of sp³-hybridized carbons (Fsp3) is 0. The fourth-order valence-electron chi connectivity index (χ4n) is 17.3. The van der Waals surface area contributed by atoms with E-state index in [1.807, 2.05) is 22.7 Å². The number of fused-ring (bicyclic) bond motifs is 18. The highest BCUT2D eigenvalue weighted by Crippen LogP contribution is 2.47. The third-order valence-corrected chi connectivity index (χ3v) is 24.8.